The number of hydrogen-bond acceptors (Lipinski definition) is 5. The minimum atomic E-state index is -0.642. The number of ketones is 1. The topological polar surface area (TPSA) is 52.6 Å². The lowest BCUT2D eigenvalue weighted by Crippen LogP contribution is -2.13. The molecule has 0 amide bonds. The van der Waals surface area contributed by atoms with Crippen LogP contribution in [-0.4, -0.2) is 25.5 Å². The number of carbonyl (C=O) groups is 2. The van der Waals surface area contributed by atoms with Crippen LogP contribution >= 0.6 is 11.3 Å². The van der Waals surface area contributed by atoms with E-state index in [4.69, 9.17) is 9.47 Å². The van der Waals surface area contributed by atoms with E-state index in [1.807, 2.05) is 17.5 Å². The molecule has 0 fully saturated rings. The van der Waals surface area contributed by atoms with Gasteiger partial charge < -0.3 is 9.47 Å². The molecular formula is C16H13FO4S. The standard InChI is InChI=1S/C16H13FO4S/c1-20-15-6-4-11(17)9-13(15)14(18)10-21-16(19)7-5-12-3-2-8-22-12/h2-9H,10H2,1H3/b7-5+. The van der Waals surface area contributed by atoms with Crippen molar-refractivity contribution < 1.29 is 23.5 Å². The Hall–Kier alpha value is -2.47. The quantitative estimate of drug-likeness (QED) is 0.465. The van der Waals surface area contributed by atoms with Gasteiger partial charge in [0.15, 0.2) is 6.61 Å². The van der Waals surface area contributed by atoms with Gasteiger partial charge in [-0.15, -0.1) is 11.3 Å². The number of hydrogen-bond donors (Lipinski definition) is 0. The van der Waals surface area contributed by atoms with Crippen molar-refractivity contribution in [2.24, 2.45) is 0 Å². The molecule has 114 valence electrons. The Labute approximate surface area is 130 Å². The van der Waals surface area contributed by atoms with Crippen molar-refractivity contribution in [3.8, 4) is 5.75 Å². The van der Waals surface area contributed by atoms with Gasteiger partial charge in [-0.2, -0.15) is 0 Å². The van der Waals surface area contributed by atoms with Crippen LogP contribution in [0.4, 0.5) is 4.39 Å². The molecule has 0 N–H and O–H groups in total. The first-order valence-corrected chi connectivity index (χ1v) is 7.23. The van der Waals surface area contributed by atoms with Gasteiger partial charge in [-0.25, -0.2) is 9.18 Å². The highest BCUT2D eigenvalue weighted by Crippen LogP contribution is 2.20. The second-order valence-corrected chi connectivity index (χ2v) is 5.20. The van der Waals surface area contributed by atoms with E-state index in [0.717, 1.165) is 10.9 Å². The molecule has 1 heterocycles. The lowest BCUT2D eigenvalue weighted by molar-refractivity contribution is -0.136. The minimum Gasteiger partial charge on any atom is -0.496 e. The van der Waals surface area contributed by atoms with Crippen molar-refractivity contribution in [3.63, 3.8) is 0 Å². The maximum Gasteiger partial charge on any atom is 0.331 e. The van der Waals surface area contributed by atoms with Gasteiger partial charge in [0, 0.05) is 11.0 Å². The number of halogens is 1. The molecule has 2 aromatic rings. The first-order chi connectivity index (χ1) is 10.6. The van der Waals surface area contributed by atoms with E-state index in [1.165, 1.54) is 36.7 Å². The number of Topliss-reactive ketones (excluding diaryl/α,β-unsaturated/α-hetero) is 1. The van der Waals surface area contributed by atoms with Crippen LogP contribution < -0.4 is 4.74 Å². The van der Waals surface area contributed by atoms with Crippen molar-refractivity contribution in [1.82, 2.24) is 0 Å². The van der Waals surface area contributed by atoms with Gasteiger partial charge in [-0.3, -0.25) is 4.79 Å². The number of benzene rings is 1. The minimum absolute atomic E-state index is 0.0394. The second kappa shape index (κ2) is 7.51. The Morgan fingerprint density at radius 3 is 2.82 bits per heavy atom. The maximum absolute atomic E-state index is 13.2. The molecule has 0 unspecified atom stereocenters. The fraction of sp³-hybridized carbons (Fsp3) is 0.125. The van der Waals surface area contributed by atoms with E-state index >= 15 is 0 Å². The molecule has 0 aliphatic carbocycles. The molecule has 0 spiro atoms. The maximum atomic E-state index is 13.2. The highest BCUT2D eigenvalue weighted by atomic mass is 32.1. The number of rotatable bonds is 6. The van der Waals surface area contributed by atoms with Gasteiger partial charge in [0.1, 0.15) is 11.6 Å². The predicted octanol–water partition coefficient (Wildman–Crippen LogP) is 3.34. The molecule has 0 saturated heterocycles. The van der Waals surface area contributed by atoms with Crippen LogP contribution in [0.25, 0.3) is 6.08 Å². The van der Waals surface area contributed by atoms with Crippen molar-refractivity contribution in [1.29, 1.82) is 0 Å². The summed E-state index contributed by atoms with van der Waals surface area (Å²) in [5, 5.41) is 1.88. The largest absolute Gasteiger partial charge is 0.496 e. The predicted molar refractivity (Wildman–Crippen MR) is 81.6 cm³/mol. The molecule has 0 aliphatic rings. The average Bonchev–Trinajstić information content (AvgIpc) is 3.04. The smallest absolute Gasteiger partial charge is 0.331 e. The molecule has 0 bridgehead atoms. The highest BCUT2D eigenvalue weighted by Gasteiger charge is 2.15. The number of carbonyl (C=O) groups excluding carboxylic acids is 2. The van der Waals surface area contributed by atoms with Crippen LogP contribution in [0, 0.1) is 5.82 Å². The molecule has 1 aromatic carbocycles. The zero-order valence-electron chi connectivity index (χ0n) is 11.7. The van der Waals surface area contributed by atoms with Gasteiger partial charge in [0.2, 0.25) is 5.78 Å². The van der Waals surface area contributed by atoms with Gasteiger partial charge in [0.05, 0.1) is 12.7 Å². The first-order valence-electron chi connectivity index (χ1n) is 6.35. The lowest BCUT2D eigenvalue weighted by Gasteiger charge is -2.07. The molecule has 0 atom stereocenters. The van der Waals surface area contributed by atoms with Crippen molar-refractivity contribution in [3.05, 3.63) is 58.0 Å². The van der Waals surface area contributed by atoms with Gasteiger partial charge in [-0.05, 0) is 35.7 Å². The van der Waals surface area contributed by atoms with Crippen LogP contribution in [0.2, 0.25) is 0 Å². The van der Waals surface area contributed by atoms with Crippen LogP contribution in [0.5, 0.6) is 5.75 Å². The van der Waals surface area contributed by atoms with E-state index in [-0.39, 0.29) is 11.3 Å². The molecule has 1 aromatic heterocycles. The summed E-state index contributed by atoms with van der Waals surface area (Å²) in [7, 11) is 1.37. The molecule has 6 heteroatoms. The highest BCUT2D eigenvalue weighted by molar-refractivity contribution is 7.10. The molecular weight excluding hydrogens is 307 g/mol. The summed E-state index contributed by atoms with van der Waals surface area (Å²) in [6, 6.07) is 7.29. The van der Waals surface area contributed by atoms with E-state index in [9.17, 15) is 14.0 Å². The first kappa shape index (κ1) is 15.9. The molecule has 0 saturated carbocycles. The third kappa shape index (κ3) is 4.26. The normalized spacial score (nSPS) is 10.6. The lowest BCUT2D eigenvalue weighted by atomic mass is 10.1. The van der Waals surface area contributed by atoms with Crippen LogP contribution in [0.15, 0.2) is 41.8 Å². The van der Waals surface area contributed by atoms with Gasteiger partial charge in [0.25, 0.3) is 0 Å². The van der Waals surface area contributed by atoms with Crippen LogP contribution in [0.1, 0.15) is 15.2 Å². The fourth-order valence-corrected chi connectivity index (χ4v) is 2.31. The summed E-state index contributed by atoms with van der Waals surface area (Å²) in [4.78, 5) is 24.4. The van der Waals surface area contributed by atoms with E-state index in [0.29, 0.717) is 0 Å². The fourth-order valence-electron chi connectivity index (χ4n) is 1.70. The average molecular weight is 320 g/mol. The Morgan fingerprint density at radius 1 is 1.32 bits per heavy atom. The summed E-state index contributed by atoms with van der Waals surface area (Å²) in [6.07, 6.45) is 2.84. The van der Waals surface area contributed by atoms with Crippen molar-refractivity contribution >= 4 is 29.2 Å². The number of esters is 1. The number of ether oxygens (including phenoxy) is 2. The Kier molecular flexibility index (Phi) is 5.43. The summed E-state index contributed by atoms with van der Waals surface area (Å²) in [5.74, 6) is -1.50. The molecule has 4 nitrogen and oxygen atoms in total. The molecule has 2 rings (SSSR count). The zero-order chi connectivity index (χ0) is 15.9. The molecule has 22 heavy (non-hydrogen) atoms. The summed E-state index contributed by atoms with van der Waals surface area (Å²) >= 11 is 1.47. The Bertz CT molecular complexity index is 692. The monoisotopic (exact) mass is 320 g/mol. The SMILES string of the molecule is COc1ccc(F)cc1C(=O)COC(=O)/C=C/c1cccs1. The van der Waals surface area contributed by atoms with E-state index in [2.05, 4.69) is 0 Å². The van der Waals surface area contributed by atoms with Crippen molar-refractivity contribution in [2.75, 3.05) is 13.7 Å². The van der Waals surface area contributed by atoms with E-state index < -0.39 is 24.2 Å². The van der Waals surface area contributed by atoms with Crippen LogP contribution in [0.3, 0.4) is 0 Å². The number of methoxy groups -OCH3 is 1. The third-order valence-corrected chi connectivity index (χ3v) is 3.57. The Balaban J connectivity index is 1.95. The summed E-state index contributed by atoms with van der Waals surface area (Å²) in [5.41, 5.74) is 0.0394. The summed E-state index contributed by atoms with van der Waals surface area (Å²) < 4.78 is 23.0. The molecule has 0 radical (unpaired) electrons. The van der Waals surface area contributed by atoms with E-state index in [1.54, 1.807) is 6.08 Å². The Morgan fingerprint density at radius 2 is 2.14 bits per heavy atom. The zero-order valence-corrected chi connectivity index (χ0v) is 12.6. The summed E-state index contributed by atoms with van der Waals surface area (Å²) in [6.45, 7) is -0.479. The third-order valence-electron chi connectivity index (χ3n) is 2.73. The number of thiophene rings is 1. The molecule has 0 aliphatic heterocycles. The van der Waals surface area contributed by atoms with Crippen LogP contribution in [-0.2, 0) is 9.53 Å². The van der Waals surface area contributed by atoms with Gasteiger partial charge in [-0.1, -0.05) is 6.07 Å². The van der Waals surface area contributed by atoms with Gasteiger partial charge >= 0.3 is 5.97 Å². The second-order valence-electron chi connectivity index (χ2n) is 4.22. The van der Waals surface area contributed by atoms with Crippen molar-refractivity contribution in [2.45, 2.75) is 0 Å².